The van der Waals surface area contributed by atoms with Gasteiger partial charge in [-0.2, -0.15) is 4.98 Å². The van der Waals surface area contributed by atoms with E-state index in [4.69, 9.17) is 13.8 Å². The van der Waals surface area contributed by atoms with Crippen molar-refractivity contribution in [3.05, 3.63) is 58.7 Å². The highest BCUT2D eigenvalue weighted by Gasteiger charge is 2.28. The minimum Gasteiger partial charge on any atom is -0.598 e. The number of aromatic hydroxyl groups is 1. The zero-order chi connectivity index (χ0) is 32.1. The average molecular weight is 646 g/mol. The van der Waals surface area contributed by atoms with Gasteiger partial charge in [0, 0.05) is 56.2 Å². The van der Waals surface area contributed by atoms with Crippen LogP contribution in [0.3, 0.4) is 0 Å². The summed E-state index contributed by atoms with van der Waals surface area (Å²) in [5, 5.41) is 14.9. The summed E-state index contributed by atoms with van der Waals surface area (Å²) >= 11 is -1.05. The van der Waals surface area contributed by atoms with Crippen LogP contribution in [0.15, 0.2) is 56.4 Å². The fourth-order valence-corrected chi connectivity index (χ4v) is 7.05. The summed E-state index contributed by atoms with van der Waals surface area (Å²) in [6.07, 6.45) is 8.95. The number of furan rings is 1. The van der Waals surface area contributed by atoms with Gasteiger partial charge >= 0.3 is 0 Å². The van der Waals surface area contributed by atoms with Crippen molar-refractivity contribution in [3.63, 3.8) is 0 Å². The summed E-state index contributed by atoms with van der Waals surface area (Å²) in [4.78, 5) is 38.7. The maximum absolute atomic E-state index is 13.0. The topological polar surface area (TPSA) is 156 Å². The Morgan fingerprint density at radius 3 is 2.57 bits per heavy atom. The van der Waals surface area contributed by atoms with E-state index in [-0.39, 0.29) is 40.2 Å². The number of amides is 1. The van der Waals surface area contributed by atoms with Crippen LogP contribution in [-0.2, 0) is 11.4 Å². The molecule has 1 saturated carbocycles. The first kappa shape index (κ1) is 30.1. The number of nitrogens with one attached hydrogen (secondary N) is 1. The number of aromatic nitrogens is 3. The van der Waals surface area contributed by atoms with Crippen molar-refractivity contribution in [1.29, 1.82) is 0 Å². The number of hydrogen-bond donors (Lipinski definition) is 2. The summed E-state index contributed by atoms with van der Waals surface area (Å²) in [6, 6.07) is 8.48. The van der Waals surface area contributed by atoms with E-state index in [0.717, 1.165) is 31.1 Å². The van der Waals surface area contributed by atoms with Crippen molar-refractivity contribution in [2.45, 2.75) is 31.7 Å². The third-order valence-corrected chi connectivity index (χ3v) is 9.88. The fraction of sp³-hybridized carbons (Fsp3) is 0.375. The lowest BCUT2D eigenvalue weighted by atomic mass is 10.1. The van der Waals surface area contributed by atoms with Gasteiger partial charge in [0.2, 0.25) is 17.0 Å². The maximum Gasteiger partial charge on any atom is 0.270 e. The second-order valence-corrected chi connectivity index (χ2v) is 13.3. The van der Waals surface area contributed by atoms with Crippen LogP contribution >= 0.6 is 0 Å². The van der Waals surface area contributed by atoms with Gasteiger partial charge in [0.05, 0.1) is 30.4 Å². The lowest BCUT2D eigenvalue weighted by molar-refractivity contribution is 0.0815. The van der Waals surface area contributed by atoms with Gasteiger partial charge < -0.3 is 38.2 Å². The Balaban J connectivity index is 1.17. The minimum atomic E-state index is -1.05. The molecule has 4 aromatic heterocycles. The summed E-state index contributed by atoms with van der Waals surface area (Å²) in [7, 11) is 3.48. The highest BCUT2D eigenvalue weighted by molar-refractivity contribution is 7.88. The van der Waals surface area contributed by atoms with Crippen molar-refractivity contribution < 1.29 is 23.3 Å². The molecule has 0 spiro atoms. The van der Waals surface area contributed by atoms with Crippen LogP contribution in [-0.4, -0.2) is 85.8 Å². The molecule has 1 aliphatic heterocycles. The fourth-order valence-electron chi connectivity index (χ4n) is 6.37. The Morgan fingerprint density at radius 2 is 1.87 bits per heavy atom. The van der Waals surface area contributed by atoms with Gasteiger partial charge in [-0.25, -0.2) is 4.98 Å². The molecule has 46 heavy (non-hydrogen) atoms. The molecule has 2 N–H and O–H groups in total. The van der Waals surface area contributed by atoms with Gasteiger partial charge in [-0.3, -0.25) is 9.59 Å². The second-order valence-electron chi connectivity index (χ2n) is 12.0. The van der Waals surface area contributed by atoms with Crippen LogP contribution < -0.4 is 15.6 Å². The third-order valence-electron chi connectivity index (χ3n) is 8.79. The van der Waals surface area contributed by atoms with Crippen molar-refractivity contribution in [1.82, 2.24) is 23.7 Å². The van der Waals surface area contributed by atoms with Gasteiger partial charge in [0.15, 0.2) is 11.5 Å². The molecule has 1 atom stereocenters. The molecule has 14 heteroatoms. The van der Waals surface area contributed by atoms with Crippen molar-refractivity contribution >= 4 is 57.0 Å². The zero-order valence-corrected chi connectivity index (χ0v) is 26.7. The highest BCUT2D eigenvalue weighted by Crippen LogP contribution is 2.38. The Morgan fingerprint density at radius 1 is 1.11 bits per heavy atom. The molecular weight excluding hydrogens is 610 g/mol. The molecule has 0 unspecified atom stereocenters. The highest BCUT2D eigenvalue weighted by atomic mass is 32.2. The SMILES string of the molecule is CN(C)C(=O)c1cc2cnc(Nc3ccc(-c4coc5c(=O)cc(N6CCN([S@+](C)[O-])CC6)oc45)cc3O)nc2n1C1CCCC1. The molecule has 0 radical (unpaired) electrons. The van der Waals surface area contributed by atoms with Gasteiger partial charge in [-0.05, 0) is 36.6 Å². The molecule has 5 aromatic rings. The molecular formula is C32H35N7O6S. The Bertz CT molecular complexity index is 1990. The Kier molecular flexibility index (Phi) is 7.87. The molecule has 5 heterocycles. The number of carbonyl (C=O) groups is 1. The molecule has 0 bridgehead atoms. The van der Waals surface area contributed by atoms with E-state index in [1.54, 1.807) is 49.6 Å². The first-order valence-corrected chi connectivity index (χ1v) is 16.8. The summed E-state index contributed by atoms with van der Waals surface area (Å²) in [5.74, 6) is 0.550. The van der Waals surface area contributed by atoms with E-state index in [1.165, 1.54) is 12.3 Å². The average Bonchev–Trinajstić information content (AvgIpc) is 3.80. The second kappa shape index (κ2) is 12.0. The standard InChI is InChI=1S/C32H35N7O6S/c1-36(2)31(42)24-14-20-17-33-32(35-30(20)39(24)21-6-4-5-7-21)34-23-9-8-19(15-25(23)40)22-18-44-29-26(41)16-27(45-28(22)29)37-10-12-38(13-11-37)46(3)43/h8-9,14-18,21,40H,4-7,10-13H2,1-3H3,(H,33,34,35)/t46-/m0/s1. The number of phenolic OH excluding ortho intramolecular Hbond substituents is 1. The van der Waals surface area contributed by atoms with Crippen LogP contribution in [0.25, 0.3) is 33.3 Å². The maximum atomic E-state index is 13.0. The lowest BCUT2D eigenvalue weighted by Gasteiger charge is -2.33. The van der Waals surface area contributed by atoms with Gasteiger partial charge in [-0.15, -0.1) is 4.31 Å². The molecule has 1 aromatic carbocycles. The smallest absolute Gasteiger partial charge is 0.270 e. The van der Waals surface area contributed by atoms with E-state index in [9.17, 15) is 19.2 Å². The largest absolute Gasteiger partial charge is 0.598 e. The molecule has 1 amide bonds. The van der Waals surface area contributed by atoms with Crippen LogP contribution in [0.5, 0.6) is 5.75 Å². The van der Waals surface area contributed by atoms with Crippen LogP contribution in [0, 0.1) is 0 Å². The molecule has 13 nitrogen and oxygen atoms in total. The Labute approximate surface area is 267 Å². The van der Waals surface area contributed by atoms with E-state index in [2.05, 4.69) is 10.3 Å². The van der Waals surface area contributed by atoms with E-state index >= 15 is 0 Å². The van der Waals surface area contributed by atoms with Gasteiger partial charge in [0.25, 0.3) is 5.91 Å². The zero-order valence-electron chi connectivity index (χ0n) is 25.9. The predicted molar refractivity (Wildman–Crippen MR) is 176 cm³/mol. The van der Waals surface area contributed by atoms with E-state index < -0.39 is 11.4 Å². The first-order chi connectivity index (χ1) is 22.2. The molecule has 1 aliphatic carbocycles. The lowest BCUT2D eigenvalue weighted by Crippen LogP contribution is -2.48. The summed E-state index contributed by atoms with van der Waals surface area (Å²) < 4.78 is 27.5. The van der Waals surface area contributed by atoms with Gasteiger partial charge in [0.1, 0.15) is 29.6 Å². The first-order valence-electron chi connectivity index (χ1n) is 15.3. The minimum absolute atomic E-state index is 0.0626. The predicted octanol–water partition coefficient (Wildman–Crippen LogP) is 4.48. The molecule has 240 valence electrons. The number of hydrogen-bond acceptors (Lipinski definition) is 11. The number of piperazine rings is 1. The number of anilines is 3. The van der Waals surface area contributed by atoms with Gasteiger partial charge in [-0.1, -0.05) is 18.9 Å². The summed E-state index contributed by atoms with van der Waals surface area (Å²) in [6.45, 7) is 2.30. The number of phenols is 1. The monoisotopic (exact) mass is 645 g/mol. The molecule has 1 saturated heterocycles. The Hall–Kier alpha value is -4.53. The van der Waals surface area contributed by atoms with Crippen molar-refractivity contribution in [2.24, 2.45) is 0 Å². The van der Waals surface area contributed by atoms with E-state index in [0.29, 0.717) is 60.2 Å². The van der Waals surface area contributed by atoms with Crippen molar-refractivity contribution in [2.75, 3.05) is 56.7 Å². The molecule has 2 fully saturated rings. The molecule has 2 aliphatic rings. The number of benzene rings is 1. The normalized spacial score (nSPS) is 16.8. The number of carbonyl (C=O) groups excluding carboxylic acids is 1. The van der Waals surface area contributed by atoms with Crippen molar-refractivity contribution in [3.8, 4) is 16.9 Å². The number of fused-ring (bicyclic) bond motifs is 2. The number of nitrogens with zero attached hydrogens (tertiary/aromatic N) is 6. The summed E-state index contributed by atoms with van der Waals surface area (Å²) in [5.41, 5.74) is 2.82. The van der Waals surface area contributed by atoms with Crippen LogP contribution in [0.4, 0.5) is 17.5 Å². The van der Waals surface area contributed by atoms with Crippen LogP contribution in [0.1, 0.15) is 42.2 Å². The molecule has 7 rings (SSSR count). The number of rotatable bonds is 7. The van der Waals surface area contributed by atoms with Crippen LogP contribution in [0.2, 0.25) is 0 Å². The third kappa shape index (κ3) is 5.46. The quantitative estimate of drug-likeness (QED) is 0.190. The van der Waals surface area contributed by atoms with E-state index in [1.807, 2.05) is 19.8 Å².